The van der Waals surface area contributed by atoms with E-state index in [0.29, 0.717) is 45.8 Å². The molecule has 0 aromatic heterocycles. The number of rotatable bonds is 9. The van der Waals surface area contributed by atoms with Crippen LogP contribution in [0.2, 0.25) is 0 Å². The molecule has 0 saturated carbocycles. The topological polar surface area (TPSA) is 122 Å². The molecule has 0 heterocycles. The number of hydrogen-bond acceptors (Lipinski definition) is 7. The molecule has 0 aliphatic carbocycles. The van der Waals surface area contributed by atoms with Crippen LogP contribution in [0.15, 0.2) is 113 Å². The summed E-state index contributed by atoms with van der Waals surface area (Å²) in [6.45, 7) is 2.28. The van der Waals surface area contributed by atoms with E-state index in [0.717, 1.165) is 0 Å². The van der Waals surface area contributed by atoms with Gasteiger partial charge in [0.1, 0.15) is 22.9 Å². The summed E-state index contributed by atoms with van der Waals surface area (Å²) in [5.41, 5.74) is 1.83. The van der Waals surface area contributed by atoms with Gasteiger partial charge in [0, 0.05) is 16.6 Å². The Hall–Kier alpha value is -5.70. The van der Waals surface area contributed by atoms with Crippen LogP contribution in [0.3, 0.4) is 0 Å². The molecule has 2 amide bonds. The van der Waals surface area contributed by atoms with Crippen LogP contribution in [0.1, 0.15) is 27.6 Å². The van der Waals surface area contributed by atoms with Crippen molar-refractivity contribution in [2.24, 2.45) is 10.2 Å². The SMILES string of the molecule is CCOc1ccccc1NC(=O)c1cc2ccccc2c(N=Nc2cc(C(=O)Nc3ccccc3)ccc2OC)c1O. The minimum Gasteiger partial charge on any atom is -0.505 e. The van der Waals surface area contributed by atoms with E-state index in [1.54, 1.807) is 72.8 Å². The van der Waals surface area contributed by atoms with Crippen molar-refractivity contribution in [3.8, 4) is 17.2 Å². The van der Waals surface area contributed by atoms with E-state index in [9.17, 15) is 14.7 Å². The van der Waals surface area contributed by atoms with Crippen molar-refractivity contribution in [1.29, 1.82) is 0 Å². The lowest BCUT2D eigenvalue weighted by Crippen LogP contribution is -2.13. The van der Waals surface area contributed by atoms with Gasteiger partial charge in [0.25, 0.3) is 11.8 Å². The maximum Gasteiger partial charge on any atom is 0.259 e. The second kappa shape index (κ2) is 12.6. The number of benzene rings is 5. The Morgan fingerprint density at radius 3 is 2.31 bits per heavy atom. The molecule has 0 unspecified atom stereocenters. The molecule has 3 N–H and O–H groups in total. The average molecular weight is 561 g/mol. The third kappa shape index (κ3) is 6.05. The molecule has 42 heavy (non-hydrogen) atoms. The highest BCUT2D eigenvalue weighted by Crippen LogP contribution is 2.41. The molecule has 5 aromatic rings. The fourth-order valence-corrected chi connectivity index (χ4v) is 4.37. The standard InChI is InChI=1S/C33H28N4O5/c1-3-42-29-16-10-9-15-26(29)35-33(40)25-19-21-11-7-8-14-24(21)30(31(25)38)37-36-27-20-22(17-18-28(27)41-2)32(39)34-23-12-5-4-6-13-23/h4-20,38H,3H2,1-2H3,(H,34,39)(H,35,40). The van der Waals surface area contributed by atoms with Crippen LogP contribution in [0.25, 0.3) is 10.8 Å². The van der Waals surface area contributed by atoms with Gasteiger partial charge in [0.05, 0.1) is 25.0 Å². The van der Waals surface area contributed by atoms with E-state index in [4.69, 9.17) is 9.47 Å². The van der Waals surface area contributed by atoms with E-state index in [1.165, 1.54) is 7.11 Å². The van der Waals surface area contributed by atoms with Gasteiger partial charge in [-0.25, -0.2) is 0 Å². The second-order valence-corrected chi connectivity index (χ2v) is 9.13. The van der Waals surface area contributed by atoms with Gasteiger partial charge in [0.2, 0.25) is 0 Å². The Labute approximate surface area is 242 Å². The molecule has 0 saturated heterocycles. The van der Waals surface area contributed by atoms with Gasteiger partial charge >= 0.3 is 0 Å². The zero-order valence-corrected chi connectivity index (χ0v) is 23.0. The first-order valence-electron chi connectivity index (χ1n) is 13.2. The Kier molecular flexibility index (Phi) is 8.39. The number of carbonyl (C=O) groups excluding carboxylic acids is 2. The quantitative estimate of drug-likeness (QED) is 0.158. The monoisotopic (exact) mass is 560 g/mol. The second-order valence-electron chi connectivity index (χ2n) is 9.13. The average Bonchev–Trinajstić information content (AvgIpc) is 3.01. The van der Waals surface area contributed by atoms with Gasteiger partial charge in [-0.3, -0.25) is 9.59 Å². The molecule has 0 spiro atoms. The number of ether oxygens (including phenoxy) is 2. The first-order chi connectivity index (χ1) is 20.5. The van der Waals surface area contributed by atoms with Gasteiger partial charge in [-0.1, -0.05) is 54.6 Å². The number of carbonyl (C=O) groups is 2. The van der Waals surface area contributed by atoms with Crippen LogP contribution in [0, 0.1) is 0 Å². The lowest BCUT2D eigenvalue weighted by Gasteiger charge is -2.13. The highest BCUT2D eigenvalue weighted by Gasteiger charge is 2.20. The molecule has 0 radical (unpaired) electrons. The van der Waals surface area contributed by atoms with Crippen LogP contribution in [-0.4, -0.2) is 30.6 Å². The van der Waals surface area contributed by atoms with Crippen molar-refractivity contribution in [2.45, 2.75) is 6.92 Å². The molecule has 5 aromatic carbocycles. The summed E-state index contributed by atoms with van der Waals surface area (Å²) in [5, 5.41) is 26.9. The minimum absolute atomic E-state index is 0.0110. The number of fused-ring (bicyclic) bond motifs is 1. The summed E-state index contributed by atoms with van der Waals surface area (Å²) >= 11 is 0. The van der Waals surface area contributed by atoms with Crippen LogP contribution >= 0.6 is 0 Å². The number of anilines is 2. The van der Waals surface area contributed by atoms with Gasteiger partial charge < -0.3 is 25.2 Å². The fraction of sp³-hybridized carbons (Fsp3) is 0.0909. The van der Waals surface area contributed by atoms with Crippen LogP contribution < -0.4 is 20.1 Å². The van der Waals surface area contributed by atoms with E-state index in [-0.39, 0.29) is 28.6 Å². The lowest BCUT2D eigenvalue weighted by molar-refractivity contribution is 0.101. The summed E-state index contributed by atoms with van der Waals surface area (Å²) in [4.78, 5) is 26.3. The Morgan fingerprint density at radius 1 is 0.786 bits per heavy atom. The summed E-state index contributed by atoms with van der Waals surface area (Å²) < 4.78 is 11.1. The third-order valence-corrected chi connectivity index (χ3v) is 6.41. The van der Waals surface area contributed by atoms with E-state index in [2.05, 4.69) is 20.9 Å². The molecule has 5 rings (SSSR count). The Bertz CT molecular complexity index is 1790. The highest BCUT2D eigenvalue weighted by molar-refractivity contribution is 6.12. The minimum atomic E-state index is -0.543. The van der Waals surface area contributed by atoms with Gasteiger partial charge in [-0.15, -0.1) is 10.2 Å². The lowest BCUT2D eigenvalue weighted by atomic mass is 10.0. The first kappa shape index (κ1) is 27.9. The molecular weight excluding hydrogens is 532 g/mol. The number of para-hydroxylation sites is 3. The highest BCUT2D eigenvalue weighted by atomic mass is 16.5. The number of hydrogen-bond donors (Lipinski definition) is 3. The van der Waals surface area contributed by atoms with Crippen molar-refractivity contribution in [2.75, 3.05) is 24.4 Å². The Balaban J connectivity index is 1.51. The van der Waals surface area contributed by atoms with Crippen molar-refractivity contribution in [3.05, 3.63) is 114 Å². The van der Waals surface area contributed by atoms with E-state index in [1.807, 2.05) is 37.3 Å². The molecular formula is C33H28N4O5. The number of azo groups is 1. The van der Waals surface area contributed by atoms with Crippen LogP contribution in [0.4, 0.5) is 22.7 Å². The van der Waals surface area contributed by atoms with Crippen molar-refractivity contribution in [1.82, 2.24) is 0 Å². The maximum absolute atomic E-state index is 13.4. The smallest absolute Gasteiger partial charge is 0.259 e. The fourth-order valence-electron chi connectivity index (χ4n) is 4.37. The predicted octanol–water partition coefficient (Wildman–Crippen LogP) is 7.87. The summed E-state index contributed by atoms with van der Waals surface area (Å²) in [5.74, 6) is -0.337. The molecule has 0 fully saturated rings. The number of phenols is 1. The number of amides is 2. The number of nitrogens with one attached hydrogen (secondary N) is 2. The molecule has 0 bridgehead atoms. The first-order valence-corrected chi connectivity index (χ1v) is 13.2. The zero-order chi connectivity index (χ0) is 29.5. The normalized spacial score (nSPS) is 10.9. The molecule has 0 aliphatic rings. The molecule has 9 nitrogen and oxygen atoms in total. The predicted molar refractivity (Wildman–Crippen MR) is 163 cm³/mol. The van der Waals surface area contributed by atoms with Crippen molar-refractivity contribution in [3.63, 3.8) is 0 Å². The molecule has 210 valence electrons. The van der Waals surface area contributed by atoms with E-state index >= 15 is 0 Å². The third-order valence-electron chi connectivity index (χ3n) is 6.41. The van der Waals surface area contributed by atoms with Crippen molar-refractivity contribution >= 4 is 45.3 Å². The maximum atomic E-state index is 13.4. The molecule has 9 heteroatoms. The van der Waals surface area contributed by atoms with Crippen molar-refractivity contribution < 1.29 is 24.2 Å². The number of nitrogens with zero attached hydrogens (tertiary/aromatic N) is 2. The number of phenolic OH excluding ortho intramolecular Hbond substituents is 1. The van der Waals surface area contributed by atoms with Crippen LogP contribution in [0.5, 0.6) is 17.2 Å². The number of aromatic hydroxyl groups is 1. The van der Waals surface area contributed by atoms with Crippen LogP contribution in [-0.2, 0) is 0 Å². The zero-order valence-electron chi connectivity index (χ0n) is 23.0. The largest absolute Gasteiger partial charge is 0.505 e. The van der Waals surface area contributed by atoms with Gasteiger partial charge in [0.15, 0.2) is 5.75 Å². The van der Waals surface area contributed by atoms with E-state index < -0.39 is 5.91 Å². The molecule has 0 atom stereocenters. The summed E-state index contributed by atoms with van der Waals surface area (Å²) in [6, 6.07) is 29.7. The number of methoxy groups -OCH3 is 1. The summed E-state index contributed by atoms with van der Waals surface area (Å²) in [6.07, 6.45) is 0. The van der Waals surface area contributed by atoms with Gasteiger partial charge in [-0.2, -0.15) is 0 Å². The molecule has 0 aliphatic heterocycles. The Morgan fingerprint density at radius 2 is 1.52 bits per heavy atom. The summed E-state index contributed by atoms with van der Waals surface area (Å²) in [7, 11) is 1.48. The van der Waals surface area contributed by atoms with Gasteiger partial charge in [-0.05, 0) is 60.8 Å².